The van der Waals surface area contributed by atoms with Crippen LogP contribution in [-0.4, -0.2) is 29.9 Å². The second-order valence-corrected chi connectivity index (χ2v) is 5.58. The Bertz CT molecular complexity index is 554. The first-order chi connectivity index (χ1) is 10.7. The molecule has 1 aliphatic rings. The van der Waals surface area contributed by atoms with Gasteiger partial charge in [0.05, 0.1) is 11.6 Å². The maximum Gasteiger partial charge on any atom is 0.422 e. The largest absolute Gasteiger partial charge is 0.482 e. The highest BCUT2D eigenvalue weighted by atomic mass is 19.4. The van der Waals surface area contributed by atoms with Crippen LogP contribution in [0.4, 0.5) is 23.2 Å². The summed E-state index contributed by atoms with van der Waals surface area (Å²) < 4.78 is 54.7. The number of halogens is 4. The van der Waals surface area contributed by atoms with Crippen LogP contribution in [0.15, 0.2) is 18.2 Å². The smallest absolute Gasteiger partial charge is 0.422 e. The van der Waals surface area contributed by atoms with Crippen molar-refractivity contribution in [2.75, 3.05) is 11.9 Å². The van der Waals surface area contributed by atoms with Crippen LogP contribution in [-0.2, 0) is 4.79 Å². The van der Waals surface area contributed by atoms with Gasteiger partial charge in [-0.05, 0) is 37.8 Å². The molecule has 0 atom stereocenters. The molecule has 1 saturated carbocycles. The van der Waals surface area contributed by atoms with Crippen LogP contribution in [0.2, 0.25) is 0 Å². The molecule has 1 fully saturated rings. The molecule has 0 radical (unpaired) electrons. The molecule has 1 aromatic carbocycles. The molecular weight excluding hydrogens is 318 g/mol. The van der Waals surface area contributed by atoms with E-state index in [1.807, 2.05) is 0 Å². The molecule has 8 heteroatoms. The average Bonchev–Trinajstić information content (AvgIpc) is 2.47. The van der Waals surface area contributed by atoms with Crippen molar-refractivity contribution in [2.45, 2.75) is 37.9 Å². The Labute approximate surface area is 130 Å². The monoisotopic (exact) mass is 335 g/mol. The van der Waals surface area contributed by atoms with Crippen LogP contribution in [0.3, 0.4) is 0 Å². The van der Waals surface area contributed by atoms with E-state index in [0.717, 1.165) is 12.1 Å². The summed E-state index contributed by atoms with van der Waals surface area (Å²) in [4.78, 5) is 10.9. The van der Waals surface area contributed by atoms with Gasteiger partial charge in [0.15, 0.2) is 6.61 Å². The summed E-state index contributed by atoms with van der Waals surface area (Å²) in [6.45, 7) is -1.50. The highest BCUT2D eigenvalue weighted by molar-refractivity contribution is 5.70. The predicted molar refractivity (Wildman–Crippen MR) is 75.0 cm³/mol. The second-order valence-electron chi connectivity index (χ2n) is 5.58. The highest BCUT2D eigenvalue weighted by Gasteiger charge is 2.30. The van der Waals surface area contributed by atoms with E-state index in [0.29, 0.717) is 25.7 Å². The van der Waals surface area contributed by atoms with Gasteiger partial charge < -0.3 is 15.2 Å². The van der Waals surface area contributed by atoms with Gasteiger partial charge in [-0.15, -0.1) is 0 Å². The molecule has 0 amide bonds. The number of hydrogen-bond donors (Lipinski definition) is 2. The van der Waals surface area contributed by atoms with Gasteiger partial charge in [-0.1, -0.05) is 0 Å². The zero-order chi connectivity index (χ0) is 17.0. The Morgan fingerprint density at radius 2 is 1.91 bits per heavy atom. The number of anilines is 1. The van der Waals surface area contributed by atoms with Gasteiger partial charge in [0.1, 0.15) is 11.6 Å². The topological polar surface area (TPSA) is 58.6 Å². The van der Waals surface area contributed by atoms with Crippen molar-refractivity contribution < 1.29 is 32.2 Å². The summed E-state index contributed by atoms with van der Waals surface area (Å²) in [5, 5.41) is 12.0. The molecule has 128 valence electrons. The lowest BCUT2D eigenvalue weighted by atomic mass is 9.86. The molecule has 0 spiro atoms. The van der Waals surface area contributed by atoms with Crippen LogP contribution in [0, 0.1) is 11.7 Å². The molecule has 0 aromatic heterocycles. The molecule has 0 unspecified atom stereocenters. The maximum atomic E-state index is 13.2. The number of aliphatic carboxylic acids is 1. The molecule has 23 heavy (non-hydrogen) atoms. The fraction of sp³-hybridized carbons (Fsp3) is 0.533. The predicted octanol–water partition coefficient (Wildman–Crippen LogP) is 3.82. The van der Waals surface area contributed by atoms with Crippen LogP contribution in [0.25, 0.3) is 0 Å². The normalized spacial score (nSPS) is 21.7. The lowest BCUT2D eigenvalue weighted by Gasteiger charge is -2.28. The molecule has 2 N–H and O–H groups in total. The summed E-state index contributed by atoms with van der Waals surface area (Å²) in [5.74, 6) is -2.12. The summed E-state index contributed by atoms with van der Waals surface area (Å²) in [7, 11) is 0. The third-order valence-corrected chi connectivity index (χ3v) is 3.77. The minimum Gasteiger partial charge on any atom is -0.482 e. The fourth-order valence-electron chi connectivity index (χ4n) is 2.60. The number of carboxylic acid groups (broad SMARTS) is 1. The zero-order valence-electron chi connectivity index (χ0n) is 12.2. The summed E-state index contributed by atoms with van der Waals surface area (Å²) >= 11 is 0. The van der Waals surface area contributed by atoms with E-state index in [2.05, 4.69) is 10.1 Å². The van der Waals surface area contributed by atoms with Crippen LogP contribution in [0.5, 0.6) is 5.75 Å². The number of nitrogens with one attached hydrogen (secondary N) is 1. The fourth-order valence-corrected chi connectivity index (χ4v) is 2.60. The number of alkyl halides is 3. The van der Waals surface area contributed by atoms with Gasteiger partial charge in [0.25, 0.3) is 0 Å². The average molecular weight is 335 g/mol. The molecule has 0 heterocycles. The maximum absolute atomic E-state index is 13.2. The second kappa shape index (κ2) is 7.06. The Balaban J connectivity index is 2.01. The molecule has 0 aliphatic heterocycles. The molecule has 0 saturated heterocycles. The number of rotatable bonds is 5. The molecular formula is C15H17F4NO3. The lowest BCUT2D eigenvalue weighted by Crippen LogP contribution is -2.29. The van der Waals surface area contributed by atoms with Gasteiger partial charge in [-0.3, -0.25) is 4.79 Å². The van der Waals surface area contributed by atoms with E-state index in [1.165, 1.54) is 6.07 Å². The van der Waals surface area contributed by atoms with Gasteiger partial charge >= 0.3 is 12.1 Å². The minimum atomic E-state index is -4.51. The number of benzene rings is 1. The Kier molecular flexibility index (Phi) is 5.33. The first kappa shape index (κ1) is 17.4. The zero-order valence-corrected chi connectivity index (χ0v) is 12.2. The molecule has 1 aliphatic carbocycles. The molecule has 2 rings (SSSR count). The lowest BCUT2D eigenvalue weighted by molar-refractivity contribution is -0.153. The van der Waals surface area contributed by atoms with Crippen molar-refractivity contribution in [1.29, 1.82) is 0 Å². The number of hydrogen-bond acceptors (Lipinski definition) is 3. The van der Waals surface area contributed by atoms with Gasteiger partial charge in [0.2, 0.25) is 0 Å². The summed E-state index contributed by atoms with van der Waals surface area (Å²) in [6, 6.07) is 3.27. The van der Waals surface area contributed by atoms with Crippen LogP contribution >= 0.6 is 0 Å². The number of carboxylic acids is 1. The van der Waals surface area contributed by atoms with Crippen molar-refractivity contribution in [3.63, 3.8) is 0 Å². The molecule has 4 nitrogen and oxygen atoms in total. The van der Waals surface area contributed by atoms with Gasteiger partial charge in [-0.25, -0.2) is 4.39 Å². The van der Waals surface area contributed by atoms with Crippen LogP contribution < -0.4 is 10.1 Å². The van der Waals surface area contributed by atoms with E-state index in [1.54, 1.807) is 0 Å². The SMILES string of the molecule is O=C(O)C1CCC(Nc2ccc(F)cc2OCC(F)(F)F)CC1. The van der Waals surface area contributed by atoms with Crippen LogP contribution in [0.1, 0.15) is 25.7 Å². The summed E-state index contributed by atoms with van der Waals surface area (Å²) in [6.07, 6.45) is -2.37. The first-order valence-corrected chi connectivity index (χ1v) is 7.23. The summed E-state index contributed by atoms with van der Waals surface area (Å²) in [5.41, 5.74) is 0.273. The Morgan fingerprint density at radius 1 is 1.26 bits per heavy atom. The molecule has 1 aromatic rings. The number of ether oxygens (including phenoxy) is 1. The molecule has 0 bridgehead atoms. The van der Waals surface area contributed by atoms with E-state index in [-0.39, 0.29) is 23.4 Å². The van der Waals surface area contributed by atoms with Crippen molar-refractivity contribution >= 4 is 11.7 Å². The van der Waals surface area contributed by atoms with Gasteiger partial charge in [0, 0.05) is 12.1 Å². The van der Waals surface area contributed by atoms with Gasteiger partial charge in [-0.2, -0.15) is 13.2 Å². The number of carbonyl (C=O) groups is 1. The Hall–Kier alpha value is -1.99. The third kappa shape index (κ3) is 5.30. The van der Waals surface area contributed by atoms with E-state index >= 15 is 0 Å². The Morgan fingerprint density at radius 3 is 2.48 bits per heavy atom. The third-order valence-electron chi connectivity index (χ3n) is 3.77. The van der Waals surface area contributed by atoms with Crippen molar-refractivity contribution in [1.82, 2.24) is 0 Å². The highest BCUT2D eigenvalue weighted by Crippen LogP contribution is 2.32. The first-order valence-electron chi connectivity index (χ1n) is 7.23. The minimum absolute atomic E-state index is 0.0794. The van der Waals surface area contributed by atoms with Crippen molar-refractivity contribution in [3.8, 4) is 5.75 Å². The standard InChI is InChI=1S/C15H17F4NO3/c16-10-3-6-12(13(7-10)23-8-15(17,18)19)20-11-4-1-9(2-5-11)14(21)22/h3,6-7,9,11,20H,1-2,4-5,8H2,(H,21,22). The van der Waals surface area contributed by atoms with E-state index in [4.69, 9.17) is 5.11 Å². The quantitative estimate of drug-likeness (QED) is 0.803. The van der Waals surface area contributed by atoms with E-state index < -0.39 is 24.6 Å². The van der Waals surface area contributed by atoms with Crippen molar-refractivity contribution in [2.24, 2.45) is 5.92 Å². The van der Waals surface area contributed by atoms with Crippen molar-refractivity contribution in [3.05, 3.63) is 24.0 Å². The van der Waals surface area contributed by atoms with E-state index in [9.17, 15) is 22.4 Å².